The first-order valence-corrected chi connectivity index (χ1v) is 22.3. The lowest BCUT2D eigenvalue weighted by Crippen LogP contribution is -3.00. The number of carbonyl (C=O) groups is 1. The second-order valence-electron chi connectivity index (χ2n) is 16.8. The van der Waals surface area contributed by atoms with Crippen LogP contribution in [0.15, 0.2) is 107 Å². The Morgan fingerprint density at radius 2 is 1.38 bits per heavy atom. The van der Waals surface area contributed by atoms with Gasteiger partial charge in [-0.05, 0) is 81.9 Å². The molecule has 16 nitrogen and oxygen atoms in total. The van der Waals surface area contributed by atoms with Gasteiger partial charge in [0.05, 0.1) is 21.8 Å². The SMILES string of the molecule is CN(C)C=CC(=O)c1c(-c2ccccc2Cl)nc2occn12.Clc1ccccc1-c1nc2occn2c1-c1ccnc(N[C@H]2CN3CCC2CC3)n1.NC(N)=[NH+][C@H]1CN2CCC1CC2.[Cl-]. The summed E-state index contributed by atoms with van der Waals surface area (Å²) in [5, 5.41) is 4.76. The number of piperidine rings is 6. The Balaban J connectivity index is 0.000000144. The van der Waals surface area contributed by atoms with Crippen LogP contribution in [-0.2, 0) is 0 Å². The van der Waals surface area contributed by atoms with Crippen LogP contribution in [0.3, 0.4) is 0 Å². The van der Waals surface area contributed by atoms with Gasteiger partial charge in [-0.1, -0.05) is 59.6 Å². The highest BCUT2D eigenvalue weighted by Crippen LogP contribution is 2.37. The number of hydrogen-bond acceptors (Lipinski definition) is 11. The van der Waals surface area contributed by atoms with Crippen LogP contribution in [0.1, 0.15) is 36.2 Å². The molecule has 0 radical (unpaired) electrons. The molecule has 6 saturated heterocycles. The van der Waals surface area contributed by atoms with Crippen LogP contribution in [0.2, 0.25) is 10.0 Å². The van der Waals surface area contributed by atoms with E-state index in [9.17, 15) is 4.79 Å². The topological polar surface area (TPSA) is 191 Å². The maximum absolute atomic E-state index is 12.6. The van der Waals surface area contributed by atoms with Crippen molar-refractivity contribution in [1.82, 2.24) is 43.4 Å². The predicted molar refractivity (Wildman–Crippen MR) is 248 cm³/mol. The Labute approximate surface area is 392 Å². The first-order chi connectivity index (χ1) is 31.1. The van der Waals surface area contributed by atoms with Gasteiger partial charge in [0.2, 0.25) is 11.7 Å². The Hall–Kier alpha value is -5.91. The zero-order chi connectivity index (χ0) is 44.3. The number of guanidine groups is 1. The highest BCUT2D eigenvalue weighted by molar-refractivity contribution is 6.34. The molecule has 6 fully saturated rings. The van der Waals surface area contributed by atoms with Crippen LogP contribution in [0.5, 0.6) is 0 Å². The summed E-state index contributed by atoms with van der Waals surface area (Å²) in [4.78, 5) is 40.9. The molecule has 11 heterocycles. The van der Waals surface area contributed by atoms with Crippen LogP contribution in [0.25, 0.3) is 45.6 Å². The molecule has 0 amide bonds. The molecular formula is C46H52Cl3N13O3. The van der Waals surface area contributed by atoms with E-state index >= 15 is 0 Å². The zero-order valence-corrected chi connectivity index (χ0v) is 38.4. The van der Waals surface area contributed by atoms with Gasteiger partial charge in [0.25, 0.3) is 0 Å². The molecule has 340 valence electrons. The van der Waals surface area contributed by atoms with Crippen LogP contribution >= 0.6 is 23.2 Å². The van der Waals surface area contributed by atoms with Gasteiger partial charge in [0, 0.05) is 75.2 Å². The first kappa shape index (κ1) is 45.7. The van der Waals surface area contributed by atoms with E-state index in [1.54, 1.807) is 40.2 Å². The van der Waals surface area contributed by atoms with Crippen LogP contribution in [0, 0.1) is 11.8 Å². The van der Waals surface area contributed by atoms with E-state index in [0.717, 1.165) is 41.7 Å². The minimum Gasteiger partial charge on any atom is -1.00 e. The maximum Gasteiger partial charge on any atom is 0.339 e. The highest BCUT2D eigenvalue weighted by atomic mass is 35.5. The lowest BCUT2D eigenvalue weighted by atomic mass is 9.84. The van der Waals surface area contributed by atoms with E-state index in [1.165, 1.54) is 64.2 Å². The summed E-state index contributed by atoms with van der Waals surface area (Å²) in [5.74, 6) is 3.19. The smallest absolute Gasteiger partial charge is 0.339 e. The van der Waals surface area contributed by atoms with Crippen LogP contribution < -0.4 is 34.2 Å². The third kappa shape index (κ3) is 10.0. The molecule has 0 saturated carbocycles. The molecule has 0 spiro atoms. The number of carbonyl (C=O) groups excluding carboxylic acids is 1. The van der Waals surface area contributed by atoms with Crippen LogP contribution in [0.4, 0.5) is 5.95 Å². The average molecular weight is 941 g/mol. The number of rotatable bonds is 9. The maximum atomic E-state index is 12.6. The van der Waals surface area contributed by atoms with E-state index in [4.69, 9.17) is 48.5 Å². The summed E-state index contributed by atoms with van der Waals surface area (Å²) in [6.07, 6.45) is 16.7. The molecule has 0 unspecified atom stereocenters. The molecule has 0 aliphatic carbocycles. The normalized spacial score (nSPS) is 21.8. The molecule has 19 heteroatoms. The van der Waals surface area contributed by atoms with Crippen molar-refractivity contribution < 1.29 is 31.0 Å². The number of fused-ring (bicyclic) bond motifs is 8. The number of halogens is 3. The number of allylic oxidation sites excluding steroid dienone is 1. The Morgan fingerprint density at radius 1 is 0.800 bits per heavy atom. The fraction of sp³-hybridized carbons (Fsp3) is 0.348. The molecule has 4 bridgehead atoms. The largest absolute Gasteiger partial charge is 1.00 e. The predicted octanol–water partition coefficient (Wildman–Crippen LogP) is 2.16. The average Bonchev–Trinajstić information content (AvgIpc) is 4.10. The van der Waals surface area contributed by atoms with Gasteiger partial charge >= 0.3 is 17.6 Å². The van der Waals surface area contributed by atoms with Gasteiger partial charge < -0.3 is 36.4 Å². The van der Waals surface area contributed by atoms with Gasteiger partial charge in [-0.3, -0.25) is 35.0 Å². The molecule has 6 aliphatic rings. The summed E-state index contributed by atoms with van der Waals surface area (Å²) in [5.41, 5.74) is 15.7. The number of nitrogens with two attached hydrogens (primary N) is 2. The molecule has 6 N–H and O–H groups in total. The van der Waals surface area contributed by atoms with E-state index in [0.29, 0.717) is 68.6 Å². The molecule has 2 atom stereocenters. The van der Waals surface area contributed by atoms with E-state index in [-0.39, 0.29) is 18.2 Å². The summed E-state index contributed by atoms with van der Waals surface area (Å²) in [7, 11) is 3.70. The third-order valence-electron chi connectivity index (χ3n) is 12.4. The number of hydrogen-bond donors (Lipinski definition) is 4. The van der Waals surface area contributed by atoms with Crippen molar-refractivity contribution in [1.29, 1.82) is 0 Å². The number of oxazole rings is 2. The first-order valence-electron chi connectivity index (χ1n) is 21.6. The highest BCUT2D eigenvalue weighted by Gasteiger charge is 2.36. The standard InChI is InChI=1S/C22H21ClN6O.C16H14ClN3O2.C8H16N4.ClH/c23-16-4-2-1-3-15(16)19-20(29-11-12-30-22(29)27-19)17-5-8-24-21(25-17)26-18-13-28-9-6-14(18)7-10-28;1-19(2)8-7-13(21)15-14(11-5-3-4-6-12(11)17)18-16-20(15)9-10-22-16;9-8(10)11-7-5-12-3-1-6(7)2-4-12;/h1-5,8,11-12,14,18H,6-7,9-10,13H2,(H,24,25,26);3-10H,1-2H3;6-7H,1-5H2,(H4,9,10,11);1H/t18-;;7-;/m0.0./s1. The number of imidazole rings is 2. The minimum atomic E-state index is -0.169. The summed E-state index contributed by atoms with van der Waals surface area (Å²) in [6.45, 7) is 7.10. The number of benzene rings is 2. The van der Waals surface area contributed by atoms with Gasteiger partial charge in [-0.15, -0.1) is 0 Å². The monoisotopic (exact) mass is 939 g/mol. The van der Waals surface area contributed by atoms with Crippen molar-refractivity contribution in [3.05, 3.63) is 114 Å². The third-order valence-corrected chi connectivity index (χ3v) is 13.1. The van der Waals surface area contributed by atoms with Gasteiger partial charge in [-0.2, -0.15) is 9.97 Å². The van der Waals surface area contributed by atoms with Crippen molar-refractivity contribution >= 4 is 52.6 Å². The molecule has 65 heavy (non-hydrogen) atoms. The van der Waals surface area contributed by atoms with Gasteiger partial charge in [-0.25, -0.2) is 9.97 Å². The number of nitrogens with one attached hydrogen (secondary N) is 2. The second kappa shape index (κ2) is 20.1. The Bertz CT molecular complexity index is 2790. The lowest BCUT2D eigenvalue weighted by Gasteiger charge is -2.44. The summed E-state index contributed by atoms with van der Waals surface area (Å²) in [6, 6.07) is 17.8. The zero-order valence-electron chi connectivity index (χ0n) is 36.2. The molecule has 6 aliphatic heterocycles. The fourth-order valence-electron chi connectivity index (χ4n) is 9.23. The second-order valence-corrected chi connectivity index (χ2v) is 17.6. The quantitative estimate of drug-likeness (QED) is 0.0714. The van der Waals surface area contributed by atoms with E-state index < -0.39 is 0 Å². The molecule has 5 aromatic heterocycles. The number of aromatic nitrogens is 6. The van der Waals surface area contributed by atoms with Crippen molar-refractivity contribution in [3.8, 4) is 33.9 Å². The van der Waals surface area contributed by atoms with E-state index in [1.807, 2.05) is 73.2 Å². The Morgan fingerprint density at radius 3 is 1.97 bits per heavy atom. The van der Waals surface area contributed by atoms with Gasteiger partial charge in [0.15, 0.2) is 0 Å². The van der Waals surface area contributed by atoms with Crippen molar-refractivity contribution in [2.45, 2.75) is 37.8 Å². The van der Waals surface area contributed by atoms with Crippen LogP contribution in [-0.4, -0.2) is 121 Å². The molecular weight excluding hydrogens is 889 g/mol. The van der Waals surface area contributed by atoms with E-state index in [2.05, 4.69) is 35.1 Å². The van der Waals surface area contributed by atoms with Crippen molar-refractivity contribution in [2.24, 2.45) is 23.3 Å². The molecule has 13 rings (SSSR count). The number of anilines is 1. The Kier molecular flexibility index (Phi) is 14.1. The summed E-state index contributed by atoms with van der Waals surface area (Å²) >= 11 is 12.7. The van der Waals surface area contributed by atoms with Crippen molar-refractivity contribution in [3.63, 3.8) is 0 Å². The number of ketones is 1. The molecule has 7 aromatic rings. The fourth-order valence-corrected chi connectivity index (χ4v) is 9.68. The molecule has 2 aromatic carbocycles. The minimum absolute atomic E-state index is 0. The lowest BCUT2D eigenvalue weighted by molar-refractivity contribution is -0.524. The van der Waals surface area contributed by atoms with Gasteiger partial charge in [0.1, 0.15) is 35.3 Å². The number of nitrogens with zero attached hydrogens (tertiary/aromatic N) is 9. The van der Waals surface area contributed by atoms with Crippen molar-refractivity contribution in [2.75, 3.05) is 58.7 Å². The summed E-state index contributed by atoms with van der Waals surface area (Å²) < 4.78 is 14.4.